The lowest BCUT2D eigenvalue weighted by Crippen LogP contribution is -2.15. The SMILES string of the molecule is COc1cc(/C(N)=N/O)ccc1NC(=O)c1coc(C)c1. The highest BCUT2D eigenvalue weighted by atomic mass is 16.5. The fraction of sp³-hybridized carbons (Fsp3) is 0.143. The third-order valence-corrected chi connectivity index (χ3v) is 2.85. The molecule has 0 spiro atoms. The molecule has 7 nitrogen and oxygen atoms in total. The second-order valence-corrected chi connectivity index (χ2v) is 4.30. The van der Waals surface area contributed by atoms with Crippen LogP contribution in [0, 0.1) is 6.92 Å². The van der Waals surface area contributed by atoms with Gasteiger partial charge in [-0.3, -0.25) is 4.79 Å². The lowest BCUT2D eigenvalue weighted by atomic mass is 10.1. The molecule has 0 fully saturated rings. The molecule has 0 atom stereocenters. The van der Waals surface area contributed by atoms with Crippen LogP contribution in [0.15, 0.2) is 40.1 Å². The summed E-state index contributed by atoms with van der Waals surface area (Å²) in [6, 6.07) is 6.41. The van der Waals surface area contributed by atoms with Gasteiger partial charge in [-0.05, 0) is 31.2 Å². The topological polar surface area (TPSA) is 110 Å². The van der Waals surface area contributed by atoms with Crippen molar-refractivity contribution in [1.82, 2.24) is 0 Å². The summed E-state index contributed by atoms with van der Waals surface area (Å²) in [6.07, 6.45) is 1.38. The van der Waals surface area contributed by atoms with Gasteiger partial charge >= 0.3 is 0 Å². The number of benzene rings is 1. The van der Waals surface area contributed by atoms with E-state index in [0.717, 1.165) is 0 Å². The van der Waals surface area contributed by atoms with Crippen LogP contribution in [0.1, 0.15) is 21.7 Å². The van der Waals surface area contributed by atoms with Crippen LogP contribution in [0.25, 0.3) is 0 Å². The van der Waals surface area contributed by atoms with Gasteiger partial charge in [0, 0.05) is 5.56 Å². The van der Waals surface area contributed by atoms with Gasteiger partial charge in [-0.2, -0.15) is 0 Å². The van der Waals surface area contributed by atoms with E-state index in [0.29, 0.717) is 28.3 Å². The van der Waals surface area contributed by atoms with Crippen LogP contribution in [0.5, 0.6) is 5.75 Å². The van der Waals surface area contributed by atoms with E-state index in [9.17, 15) is 4.79 Å². The summed E-state index contributed by atoms with van der Waals surface area (Å²) < 4.78 is 10.3. The molecule has 4 N–H and O–H groups in total. The van der Waals surface area contributed by atoms with E-state index in [4.69, 9.17) is 20.1 Å². The quantitative estimate of drug-likeness (QED) is 0.345. The lowest BCUT2D eigenvalue weighted by molar-refractivity contribution is 0.102. The lowest BCUT2D eigenvalue weighted by Gasteiger charge is -2.11. The summed E-state index contributed by atoms with van der Waals surface area (Å²) in [5.41, 5.74) is 6.87. The number of carbonyl (C=O) groups excluding carboxylic acids is 1. The molecule has 21 heavy (non-hydrogen) atoms. The Kier molecular flexibility index (Phi) is 4.13. The third kappa shape index (κ3) is 3.14. The number of rotatable bonds is 4. The predicted molar refractivity (Wildman–Crippen MR) is 76.9 cm³/mol. The van der Waals surface area contributed by atoms with Gasteiger partial charge in [0.25, 0.3) is 5.91 Å². The zero-order chi connectivity index (χ0) is 15.4. The van der Waals surface area contributed by atoms with Crippen molar-refractivity contribution in [2.75, 3.05) is 12.4 Å². The first-order chi connectivity index (χ1) is 10.0. The van der Waals surface area contributed by atoms with Crippen LogP contribution in [0.2, 0.25) is 0 Å². The largest absolute Gasteiger partial charge is 0.495 e. The number of nitrogens with two attached hydrogens (primary N) is 1. The summed E-state index contributed by atoms with van der Waals surface area (Å²) in [6.45, 7) is 1.75. The highest BCUT2D eigenvalue weighted by Gasteiger charge is 2.13. The van der Waals surface area contributed by atoms with Crippen molar-refractivity contribution in [3.8, 4) is 5.75 Å². The molecule has 7 heteroatoms. The van der Waals surface area contributed by atoms with Gasteiger partial charge in [-0.25, -0.2) is 0 Å². The van der Waals surface area contributed by atoms with E-state index in [2.05, 4.69) is 10.5 Å². The highest BCUT2D eigenvalue weighted by molar-refractivity contribution is 6.05. The average molecular weight is 289 g/mol. The normalized spacial score (nSPS) is 11.2. The maximum atomic E-state index is 12.1. The summed E-state index contributed by atoms with van der Waals surface area (Å²) >= 11 is 0. The van der Waals surface area contributed by atoms with Crippen molar-refractivity contribution >= 4 is 17.4 Å². The van der Waals surface area contributed by atoms with E-state index in [-0.39, 0.29) is 11.7 Å². The zero-order valence-electron chi connectivity index (χ0n) is 11.6. The van der Waals surface area contributed by atoms with Crippen LogP contribution >= 0.6 is 0 Å². The zero-order valence-corrected chi connectivity index (χ0v) is 11.6. The van der Waals surface area contributed by atoms with Crippen LogP contribution < -0.4 is 15.8 Å². The minimum absolute atomic E-state index is 0.0448. The van der Waals surface area contributed by atoms with Crippen LogP contribution in [0.3, 0.4) is 0 Å². The summed E-state index contributed by atoms with van der Waals surface area (Å²) in [5, 5.41) is 14.3. The van der Waals surface area contributed by atoms with E-state index in [1.54, 1.807) is 31.2 Å². The Hall–Kier alpha value is -2.96. The van der Waals surface area contributed by atoms with E-state index >= 15 is 0 Å². The molecule has 1 amide bonds. The number of anilines is 1. The first-order valence-electron chi connectivity index (χ1n) is 6.07. The monoisotopic (exact) mass is 289 g/mol. The van der Waals surface area contributed by atoms with E-state index < -0.39 is 0 Å². The Labute approximate surface area is 121 Å². The molecule has 1 aromatic heterocycles. The second kappa shape index (κ2) is 6.00. The van der Waals surface area contributed by atoms with Gasteiger partial charge in [0.2, 0.25) is 0 Å². The van der Waals surface area contributed by atoms with Crippen molar-refractivity contribution < 1.29 is 19.2 Å². The van der Waals surface area contributed by atoms with Gasteiger partial charge in [-0.1, -0.05) is 5.16 Å². The molecule has 2 aromatic rings. The molecule has 2 rings (SSSR count). The van der Waals surface area contributed by atoms with E-state index in [1.807, 2.05) is 0 Å². The number of ether oxygens (including phenoxy) is 1. The molecule has 110 valence electrons. The maximum Gasteiger partial charge on any atom is 0.259 e. The average Bonchev–Trinajstić information content (AvgIpc) is 2.93. The number of amidine groups is 1. The van der Waals surface area contributed by atoms with Crippen molar-refractivity contribution in [3.05, 3.63) is 47.4 Å². The van der Waals surface area contributed by atoms with E-state index in [1.165, 1.54) is 13.4 Å². The van der Waals surface area contributed by atoms with Gasteiger partial charge < -0.3 is 25.4 Å². The summed E-state index contributed by atoms with van der Waals surface area (Å²) in [7, 11) is 1.46. The Balaban J connectivity index is 2.26. The number of furan rings is 1. The fourth-order valence-electron chi connectivity index (χ4n) is 1.77. The Morgan fingerprint density at radius 1 is 1.38 bits per heavy atom. The molecule has 0 aliphatic heterocycles. The predicted octanol–water partition coefficient (Wildman–Crippen LogP) is 1.94. The van der Waals surface area contributed by atoms with Gasteiger partial charge in [-0.15, -0.1) is 0 Å². The Morgan fingerprint density at radius 3 is 2.71 bits per heavy atom. The van der Waals surface area contributed by atoms with Crippen molar-refractivity contribution in [3.63, 3.8) is 0 Å². The number of amides is 1. The number of oxime groups is 1. The molecular weight excluding hydrogens is 274 g/mol. The minimum atomic E-state index is -0.318. The molecule has 0 saturated heterocycles. The fourth-order valence-corrected chi connectivity index (χ4v) is 1.77. The highest BCUT2D eigenvalue weighted by Crippen LogP contribution is 2.26. The van der Waals surface area contributed by atoms with Crippen molar-refractivity contribution in [1.29, 1.82) is 0 Å². The van der Waals surface area contributed by atoms with Crippen molar-refractivity contribution in [2.24, 2.45) is 10.9 Å². The molecule has 0 radical (unpaired) electrons. The Bertz CT molecular complexity index is 691. The molecule has 1 aromatic carbocycles. The molecule has 0 bridgehead atoms. The Morgan fingerprint density at radius 2 is 2.14 bits per heavy atom. The summed E-state index contributed by atoms with van der Waals surface area (Å²) in [5.74, 6) is 0.681. The molecule has 0 aliphatic carbocycles. The molecule has 0 saturated carbocycles. The number of nitrogens with one attached hydrogen (secondary N) is 1. The van der Waals surface area contributed by atoms with Crippen LogP contribution in [-0.4, -0.2) is 24.1 Å². The molecule has 1 heterocycles. The molecular formula is C14H15N3O4. The first-order valence-corrected chi connectivity index (χ1v) is 6.07. The molecule has 0 aliphatic rings. The van der Waals surface area contributed by atoms with Crippen LogP contribution in [0.4, 0.5) is 5.69 Å². The van der Waals surface area contributed by atoms with Gasteiger partial charge in [0.15, 0.2) is 5.84 Å². The minimum Gasteiger partial charge on any atom is -0.495 e. The standard InChI is InChI=1S/C14H15N3O4/c1-8-5-10(7-21-8)14(18)16-11-4-3-9(13(15)17-19)6-12(11)20-2/h3-7,19H,1-2H3,(H2,15,17)(H,16,18). The number of carbonyl (C=O) groups is 1. The number of hydrogen-bond acceptors (Lipinski definition) is 5. The van der Waals surface area contributed by atoms with Gasteiger partial charge in [0.05, 0.1) is 18.4 Å². The van der Waals surface area contributed by atoms with Crippen LogP contribution in [-0.2, 0) is 0 Å². The summed E-state index contributed by atoms with van der Waals surface area (Å²) in [4.78, 5) is 12.1. The number of nitrogens with zero attached hydrogens (tertiary/aromatic N) is 1. The third-order valence-electron chi connectivity index (χ3n) is 2.85. The number of hydrogen-bond donors (Lipinski definition) is 3. The number of aryl methyl sites for hydroxylation is 1. The van der Waals surface area contributed by atoms with Crippen molar-refractivity contribution in [2.45, 2.75) is 6.92 Å². The van der Waals surface area contributed by atoms with Gasteiger partial charge in [0.1, 0.15) is 17.8 Å². The second-order valence-electron chi connectivity index (χ2n) is 4.30. The number of methoxy groups -OCH3 is 1. The maximum absolute atomic E-state index is 12.1. The molecule has 0 unspecified atom stereocenters. The smallest absolute Gasteiger partial charge is 0.259 e. The first kappa shape index (κ1) is 14.4.